The van der Waals surface area contributed by atoms with E-state index in [0.29, 0.717) is 25.0 Å². The fraction of sp³-hybridized carbons (Fsp3) is 0.400. The van der Waals surface area contributed by atoms with Crippen LogP contribution in [-0.2, 0) is 6.42 Å². The van der Waals surface area contributed by atoms with Gasteiger partial charge in [-0.2, -0.15) is 0 Å². The highest BCUT2D eigenvalue weighted by molar-refractivity contribution is 5.77. The summed E-state index contributed by atoms with van der Waals surface area (Å²) in [6, 6.07) is 14.9. The van der Waals surface area contributed by atoms with Crippen molar-refractivity contribution in [2.45, 2.75) is 43.3 Å². The molecule has 4 aliphatic rings. The van der Waals surface area contributed by atoms with Crippen molar-refractivity contribution in [3.8, 4) is 12.3 Å². The fourth-order valence-corrected chi connectivity index (χ4v) is 5.65. The molecule has 3 aliphatic carbocycles. The number of urea groups is 1. The van der Waals surface area contributed by atoms with Gasteiger partial charge in [-0.25, -0.2) is 9.18 Å². The summed E-state index contributed by atoms with van der Waals surface area (Å²) in [6.45, 7) is 1.21. The first kappa shape index (κ1) is 19.1. The molecule has 2 bridgehead atoms. The van der Waals surface area contributed by atoms with Crippen molar-refractivity contribution in [3.63, 3.8) is 0 Å². The normalized spacial score (nSPS) is 28.9. The van der Waals surface area contributed by atoms with Gasteiger partial charge in [-0.3, -0.25) is 0 Å². The summed E-state index contributed by atoms with van der Waals surface area (Å²) in [5, 5.41) is 6.78. The maximum atomic E-state index is 13.5. The molecule has 2 aromatic rings. The van der Waals surface area contributed by atoms with Gasteiger partial charge >= 0.3 is 6.03 Å². The Hall–Kier alpha value is -2.84. The Morgan fingerprint density at radius 1 is 1.17 bits per heavy atom. The Balaban J connectivity index is 1.38. The van der Waals surface area contributed by atoms with E-state index in [-0.39, 0.29) is 23.4 Å². The SMILES string of the molecule is C#CCN[C@H]1CC2(NC(=O)N3CCc4ccccc4[C@@H]3c3ccc(F)cc3)CC1C2. The lowest BCUT2D eigenvalue weighted by molar-refractivity contribution is 0.141. The van der Waals surface area contributed by atoms with E-state index in [9.17, 15) is 9.18 Å². The zero-order valence-electron chi connectivity index (χ0n) is 16.9. The number of nitrogens with one attached hydrogen (secondary N) is 2. The second-order valence-electron chi connectivity index (χ2n) is 8.87. The number of nitrogens with zero attached hydrogens (tertiary/aromatic N) is 1. The second-order valence-corrected chi connectivity index (χ2v) is 8.87. The molecule has 6 rings (SSSR count). The summed E-state index contributed by atoms with van der Waals surface area (Å²) in [5.41, 5.74) is 3.17. The number of hydrogen-bond donors (Lipinski definition) is 2. The van der Waals surface area contributed by atoms with E-state index in [1.54, 1.807) is 12.1 Å². The van der Waals surface area contributed by atoms with E-state index in [4.69, 9.17) is 6.42 Å². The first-order valence-electron chi connectivity index (χ1n) is 10.7. The van der Waals surface area contributed by atoms with Crippen molar-refractivity contribution in [3.05, 3.63) is 71.0 Å². The Morgan fingerprint density at radius 3 is 2.70 bits per heavy atom. The largest absolute Gasteiger partial charge is 0.332 e. The molecule has 1 aliphatic heterocycles. The van der Waals surface area contributed by atoms with Crippen molar-refractivity contribution >= 4 is 6.03 Å². The zero-order valence-corrected chi connectivity index (χ0v) is 16.9. The van der Waals surface area contributed by atoms with Crippen LogP contribution in [0.15, 0.2) is 48.5 Å². The minimum atomic E-state index is -0.269. The molecule has 2 aromatic carbocycles. The van der Waals surface area contributed by atoms with Gasteiger partial charge in [0, 0.05) is 18.1 Å². The Labute approximate surface area is 176 Å². The van der Waals surface area contributed by atoms with E-state index in [0.717, 1.165) is 36.8 Å². The molecule has 0 unspecified atom stereocenters. The van der Waals surface area contributed by atoms with Gasteiger partial charge in [0.05, 0.1) is 12.6 Å². The van der Waals surface area contributed by atoms with Crippen molar-refractivity contribution in [2.75, 3.05) is 13.1 Å². The molecular weight excluding hydrogens is 377 g/mol. The molecule has 154 valence electrons. The monoisotopic (exact) mass is 403 g/mol. The first-order valence-corrected chi connectivity index (χ1v) is 10.7. The van der Waals surface area contributed by atoms with E-state index >= 15 is 0 Å². The molecule has 5 heteroatoms. The number of fused-ring (bicyclic) bond motifs is 2. The van der Waals surface area contributed by atoms with Crippen molar-refractivity contribution < 1.29 is 9.18 Å². The lowest BCUT2D eigenvalue weighted by atomic mass is 9.76. The third-order valence-corrected chi connectivity index (χ3v) is 7.05. The number of rotatable bonds is 4. The number of halogens is 1. The van der Waals surface area contributed by atoms with E-state index in [2.05, 4.69) is 28.7 Å². The molecule has 0 aromatic heterocycles. The zero-order chi connectivity index (χ0) is 20.7. The average molecular weight is 404 g/mol. The van der Waals surface area contributed by atoms with Crippen molar-refractivity contribution in [1.82, 2.24) is 15.5 Å². The Bertz CT molecular complexity index is 990. The third kappa shape index (κ3) is 3.26. The minimum Gasteiger partial charge on any atom is -0.332 e. The van der Waals surface area contributed by atoms with Crippen molar-refractivity contribution in [2.24, 2.45) is 5.92 Å². The maximum Gasteiger partial charge on any atom is 0.318 e. The molecule has 0 saturated heterocycles. The number of carbonyl (C=O) groups excluding carboxylic acids is 1. The molecule has 2 N–H and O–H groups in total. The highest BCUT2D eigenvalue weighted by atomic mass is 19.1. The van der Waals surface area contributed by atoms with Crippen LogP contribution in [0.25, 0.3) is 0 Å². The van der Waals surface area contributed by atoms with Crippen LogP contribution in [0.5, 0.6) is 0 Å². The van der Waals surface area contributed by atoms with Gasteiger partial charge in [0.1, 0.15) is 5.82 Å². The first-order chi connectivity index (χ1) is 14.6. The van der Waals surface area contributed by atoms with Crippen LogP contribution in [0.3, 0.4) is 0 Å². The van der Waals surface area contributed by atoms with Gasteiger partial charge in [-0.15, -0.1) is 6.42 Å². The predicted octanol–water partition coefficient (Wildman–Crippen LogP) is 3.63. The highest BCUT2D eigenvalue weighted by Crippen LogP contribution is 2.52. The van der Waals surface area contributed by atoms with Crippen LogP contribution < -0.4 is 10.6 Å². The van der Waals surface area contributed by atoms with Gasteiger partial charge in [0.2, 0.25) is 0 Å². The Morgan fingerprint density at radius 2 is 1.93 bits per heavy atom. The standard InChI is InChI=1S/C25H26FN3O/c1-2-12-27-22-16-25(14-19(22)15-25)28-24(30)29-13-11-17-5-3-4-6-21(17)23(29)18-7-9-20(26)10-8-18/h1,3-10,19,22-23,27H,11-16H2,(H,28,30)/t19?,22-,23-,25?/m0/s1. The quantitative estimate of drug-likeness (QED) is 0.766. The molecule has 4 nitrogen and oxygen atoms in total. The lowest BCUT2D eigenvalue weighted by Crippen LogP contribution is -2.57. The molecule has 0 spiro atoms. The highest BCUT2D eigenvalue weighted by Gasteiger charge is 2.57. The number of hydrogen-bond acceptors (Lipinski definition) is 2. The molecule has 2 amide bonds. The third-order valence-electron chi connectivity index (χ3n) is 7.05. The van der Waals surface area contributed by atoms with Crippen LogP contribution >= 0.6 is 0 Å². The number of benzene rings is 2. The second kappa shape index (κ2) is 7.45. The van der Waals surface area contributed by atoms with Crippen LogP contribution in [0.1, 0.15) is 42.0 Å². The summed E-state index contributed by atoms with van der Waals surface area (Å²) < 4.78 is 13.5. The summed E-state index contributed by atoms with van der Waals surface area (Å²) in [7, 11) is 0. The predicted molar refractivity (Wildman–Crippen MR) is 114 cm³/mol. The number of carbonyl (C=O) groups is 1. The summed E-state index contributed by atoms with van der Waals surface area (Å²) in [5.74, 6) is 2.97. The van der Waals surface area contributed by atoms with Gasteiger partial charge in [0.25, 0.3) is 0 Å². The molecule has 3 saturated carbocycles. The Kier molecular flexibility index (Phi) is 4.75. The van der Waals surface area contributed by atoms with Gasteiger partial charge in [0.15, 0.2) is 0 Å². The van der Waals surface area contributed by atoms with Crippen LogP contribution in [0, 0.1) is 24.1 Å². The van der Waals surface area contributed by atoms with E-state index < -0.39 is 0 Å². The smallest absolute Gasteiger partial charge is 0.318 e. The summed E-state index contributed by atoms with van der Waals surface area (Å²) in [6.07, 6.45) is 9.15. The minimum absolute atomic E-state index is 0.0325. The van der Waals surface area contributed by atoms with Gasteiger partial charge in [-0.1, -0.05) is 42.3 Å². The van der Waals surface area contributed by atoms with Gasteiger partial charge < -0.3 is 15.5 Å². The fourth-order valence-electron chi connectivity index (χ4n) is 5.65. The number of terminal acetylenes is 1. The van der Waals surface area contributed by atoms with E-state index in [1.165, 1.54) is 17.7 Å². The number of amides is 2. The summed E-state index contributed by atoms with van der Waals surface area (Å²) >= 11 is 0. The molecule has 30 heavy (non-hydrogen) atoms. The maximum absolute atomic E-state index is 13.5. The molecule has 0 radical (unpaired) electrons. The van der Waals surface area contributed by atoms with Gasteiger partial charge in [-0.05, 0) is 60.4 Å². The van der Waals surface area contributed by atoms with Crippen LogP contribution in [0.4, 0.5) is 9.18 Å². The molecule has 1 heterocycles. The topological polar surface area (TPSA) is 44.4 Å². The lowest BCUT2D eigenvalue weighted by Gasteiger charge is -2.43. The molecule has 3 fully saturated rings. The van der Waals surface area contributed by atoms with E-state index in [1.807, 2.05) is 17.0 Å². The molecule has 2 atom stereocenters. The van der Waals surface area contributed by atoms with Crippen molar-refractivity contribution in [1.29, 1.82) is 0 Å². The molecular formula is C25H26FN3O. The van der Waals surface area contributed by atoms with Crippen LogP contribution in [0.2, 0.25) is 0 Å². The average Bonchev–Trinajstić information content (AvgIpc) is 3.26. The van der Waals surface area contributed by atoms with Crippen LogP contribution in [-0.4, -0.2) is 35.6 Å². The summed E-state index contributed by atoms with van der Waals surface area (Å²) in [4.78, 5) is 15.4.